The topological polar surface area (TPSA) is 25.0 Å². The Morgan fingerprint density at radius 2 is 1.61 bits per heavy atom. The van der Waals surface area contributed by atoms with Crippen LogP contribution in [0.3, 0.4) is 0 Å². The Morgan fingerprint density at radius 1 is 0.889 bits per heavy atom. The zero-order valence-corrected chi connectivity index (χ0v) is 11.9. The minimum absolute atomic E-state index is 1.00. The number of para-hydroxylation sites is 1. The lowest BCUT2D eigenvalue weighted by molar-refractivity contribution is 0.564. The molecule has 1 aromatic heterocycles. The number of H-pyrrole nitrogens is 1. The van der Waals surface area contributed by atoms with Crippen LogP contribution in [0.15, 0.2) is 42.5 Å². The van der Waals surface area contributed by atoms with Crippen molar-refractivity contribution in [1.29, 1.82) is 0 Å². The summed E-state index contributed by atoms with van der Waals surface area (Å²) in [4.78, 5) is 3.44. The molecule has 0 saturated carbocycles. The summed E-state index contributed by atoms with van der Waals surface area (Å²) < 4.78 is 6.20. The first-order chi connectivity index (χ1) is 8.54. The van der Waals surface area contributed by atoms with Gasteiger partial charge in [0.1, 0.15) is 5.75 Å². The number of benzene rings is 2. The SMILES string of the molecule is C[Si](C)(C)Oc1cccc2[nH]c3ccccc3c12. The molecule has 0 atom stereocenters. The van der Waals surface area contributed by atoms with Crippen molar-refractivity contribution < 1.29 is 4.43 Å². The van der Waals surface area contributed by atoms with Crippen LogP contribution in [0.1, 0.15) is 0 Å². The highest BCUT2D eigenvalue weighted by Crippen LogP contribution is 2.34. The molecule has 0 bridgehead atoms. The lowest BCUT2D eigenvalue weighted by Gasteiger charge is -2.19. The molecule has 1 N–H and O–H groups in total. The molecular formula is C15H17NOSi. The Kier molecular flexibility index (Phi) is 2.45. The van der Waals surface area contributed by atoms with Gasteiger partial charge in [-0.15, -0.1) is 0 Å². The van der Waals surface area contributed by atoms with Crippen LogP contribution in [0.5, 0.6) is 5.75 Å². The third kappa shape index (κ3) is 1.91. The molecule has 3 heteroatoms. The highest BCUT2D eigenvalue weighted by Gasteiger charge is 2.18. The zero-order chi connectivity index (χ0) is 12.8. The van der Waals surface area contributed by atoms with Crippen molar-refractivity contribution in [3.8, 4) is 5.75 Å². The molecule has 92 valence electrons. The lowest BCUT2D eigenvalue weighted by atomic mass is 10.1. The van der Waals surface area contributed by atoms with Gasteiger partial charge in [-0.05, 0) is 37.8 Å². The highest BCUT2D eigenvalue weighted by molar-refractivity contribution is 6.70. The van der Waals surface area contributed by atoms with Gasteiger partial charge in [-0.1, -0.05) is 24.3 Å². The van der Waals surface area contributed by atoms with Crippen LogP contribution in [-0.4, -0.2) is 13.3 Å². The molecule has 2 nitrogen and oxygen atoms in total. The summed E-state index contributed by atoms with van der Waals surface area (Å²) >= 11 is 0. The number of hydrogen-bond donors (Lipinski definition) is 1. The van der Waals surface area contributed by atoms with Gasteiger partial charge in [0, 0.05) is 16.3 Å². The minimum atomic E-state index is -1.59. The Balaban J connectivity index is 2.31. The maximum Gasteiger partial charge on any atom is 0.242 e. The monoisotopic (exact) mass is 255 g/mol. The van der Waals surface area contributed by atoms with E-state index in [0.717, 1.165) is 11.3 Å². The van der Waals surface area contributed by atoms with Gasteiger partial charge in [-0.25, -0.2) is 0 Å². The van der Waals surface area contributed by atoms with E-state index >= 15 is 0 Å². The van der Waals surface area contributed by atoms with Crippen LogP contribution in [0, 0.1) is 0 Å². The Labute approximate surface area is 108 Å². The molecule has 18 heavy (non-hydrogen) atoms. The van der Waals surface area contributed by atoms with E-state index in [2.05, 4.69) is 61.0 Å². The van der Waals surface area contributed by atoms with Crippen LogP contribution < -0.4 is 4.43 Å². The summed E-state index contributed by atoms with van der Waals surface area (Å²) in [5.41, 5.74) is 2.31. The molecule has 0 aliphatic carbocycles. The van der Waals surface area contributed by atoms with Crippen molar-refractivity contribution in [3.63, 3.8) is 0 Å². The second-order valence-electron chi connectivity index (χ2n) is 5.56. The molecule has 0 unspecified atom stereocenters. The van der Waals surface area contributed by atoms with E-state index in [-0.39, 0.29) is 0 Å². The molecule has 0 fully saturated rings. The molecule has 0 radical (unpaired) electrons. The predicted molar refractivity (Wildman–Crippen MR) is 79.8 cm³/mol. The Bertz CT molecular complexity index is 709. The van der Waals surface area contributed by atoms with Crippen LogP contribution in [-0.2, 0) is 0 Å². The maximum absolute atomic E-state index is 6.20. The smallest absolute Gasteiger partial charge is 0.242 e. The summed E-state index contributed by atoms with van der Waals surface area (Å²) in [5, 5.41) is 2.44. The van der Waals surface area contributed by atoms with E-state index < -0.39 is 8.32 Å². The van der Waals surface area contributed by atoms with Crippen molar-refractivity contribution in [2.45, 2.75) is 19.6 Å². The first-order valence-corrected chi connectivity index (χ1v) is 9.64. The number of hydrogen-bond acceptors (Lipinski definition) is 1. The fourth-order valence-electron chi connectivity index (χ4n) is 2.28. The lowest BCUT2D eigenvalue weighted by Crippen LogP contribution is -2.29. The van der Waals surface area contributed by atoms with E-state index in [0.29, 0.717) is 0 Å². The molecule has 0 aliphatic rings. The highest BCUT2D eigenvalue weighted by atomic mass is 28.4. The fourth-order valence-corrected chi connectivity index (χ4v) is 3.11. The minimum Gasteiger partial charge on any atom is -0.544 e. The van der Waals surface area contributed by atoms with E-state index in [9.17, 15) is 0 Å². The van der Waals surface area contributed by atoms with Gasteiger partial charge in [-0.3, -0.25) is 0 Å². The number of aromatic amines is 1. The molecule has 0 amide bonds. The molecule has 0 spiro atoms. The van der Waals surface area contributed by atoms with Crippen molar-refractivity contribution >= 4 is 30.1 Å². The van der Waals surface area contributed by atoms with E-state index in [1.54, 1.807) is 0 Å². The first-order valence-electron chi connectivity index (χ1n) is 6.23. The molecule has 1 heterocycles. The standard InChI is InChI=1S/C15H17NOSi/c1-18(2,3)17-14-10-6-9-13-15(14)11-7-4-5-8-12(11)16-13/h4-10,16H,1-3H3. The van der Waals surface area contributed by atoms with E-state index in [1.807, 2.05) is 6.07 Å². The van der Waals surface area contributed by atoms with Crippen LogP contribution in [0.25, 0.3) is 21.8 Å². The third-order valence-corrected chi connectivity index (χ3v) is 3.74. The largest absolute Gasteiger partial charge is 0.544 e. The molecule has 3 aromatic rings. The maximum atomic E-state index is 6.20. The summed E-state index contributed by atoms with van der Waals surface area (Å²) in [6.45, 7) is 6.63. The second kappa shape index (κ2) is 3.88. The number of nitrogens with one attached hydrogen (secondary N) is 1. The average molecular weight is 255 g/mol. The summed E-state index contributed by atoms with van der Waals surface area (Å²) in [7, 11) is -1.59. The van der Waals surface area contributed by atoms with Gasteiger partial charge in [0.2, 0.25) is 8.32 Å². The van der Waals surface area contributed by atoms with Crippen molar-refractivity contribution in [2.75, 3.05) is 0 Å². The molecule has 0 aliphatic heterocycles. The Hall–Kier alpha value is -1.74. The summed E-state index contributed by atoms with van der Waals surface area (Å²) in [6, 6.07) is 14.6. The fraction of sp³-hybridized carbons (Fsp3) is 0.200. The first kappa shape index (κ1) is 11.4. The van der Waals surface area contributed by atoms with Crippen molar-refractivity contribution in [2.24, 2.45) is 0 Å². The molecule has 0 saturated heterocycles. The Morgan fingerprint density at radius 3 is 2.39 bits per heavy atom. The quantitative estimate of drug-likeness (QED) is 0.668. The van der Waals surface area contributed by atoms with Gasteiger partial charge in [0.15, 0.2) is 0 Å². The average Bonchev–Trinajstić information content (AvgIpc) is 2.66. The number of fused-ring (bicyclic) bond motifs is 3. The molecule has 2 aromatic carbocycles. The predicted octanol–water partition coefficient (Wildman–Crippen LogP) is 4.53. The van der Waals surface area contributed by atoms with E-state index in [4.69, 9.17) is 4.43 Å². The van der Waals surface area contributed by atoms with Crippen LogP contribution >= 0.6 is 0 Å². The van der Waals surface area contributed by atoms with Gasteiger partial charge >= 0.3 is 0 Å². The van der Waals surface area contributed by atoms with Crippen LogP contribution in [0.2, 0.25) is 19.6 Å². The number of aromatic nitrogens is 1. The summed E-state index contributed by atoms with van der Waals surface area (Å²) in [6.07, 6.45) is 0. The van der Waals surface area contributed by atoms with Crippen molar-refractivity contribution in [1.82, 2.24) is 4.98 Å². The molecule has 3 rings (SSSR count). The number of rotatable bonds is 2. The van der Waals surface area contributed by atoms with Crippen molar-refractivity contribution in [3.05, 3.63) is 42.5 Å². The second-order valence-corrected chi connectivity index (χ2v) is 9.99. The molecular weight excluding hydrogens is 238 g/mol. The van der Waals surface area contributed by atoms with E-state index in [1.165, 1.54) is 16.3 Å². The van der Waals surface area contributed by atoms with Crippen LogP contribution in [0.4, 0.5) is 0 Å². The zero-order valence-electron chi connectivity index (χ0n) is 10.9. The van der Waals surface area contributed by atoms with Gasteiger partial charge < -0.3 is 9.41 Å². The summed E-state index contributed by atoms with van der Waals surface area (Å²) in [5.74, 6) is 1.00. The normalized spacial score (nSPS) is 12.2. The van der Waals surface area contributed by atoms with Gasteiger partial charge in [0.25, 0.3) is 0 Å². The third-order valence-electron chi connectivity index (χ3n) is 2.91. The van der Waals surface area contributed by atoms with Gasteiger partial charge in [-0.2, -0.15) is 0 Å². The van der Waals surface area contributed by atoms with Gasteiger partial charge in [0.05, 0.1) is 5.52 Å².